The highest BCUT2D eigenvalue weighted by atomic mass is 35.5. The summed E-state index contributed by atoms with van der Waals surface area (Å²) in [5, 5.41) is -1.56. The van der Waals surface area contributed by atoms with E-state index in [0.29, 0.717) is 6.07 Å². The van der Waals surface area contributed by atoms with Gasteiger partial charge in [-0.2, -0.15) is 22.0 Å². The molecule has 25 heavy (non-hydrogen) atoms. The van der Waals surface area contributed by atoms with Gasteiger partial charge in [-0.25, -0.2) is 0 Å². The lowest BCUT2D eigenvalue weighted by atomic mass is 9.98. The average Bonchev–Trinajstić information content (AvgIpc) is 2.51. The van der Waals surface area contributed by atoms with Crippen molar-refractivity contribution in [3.05, 3.63) is 48.9 Å². The van der Waals surface area contributed by atoms with E-state index in [2.05, 4.69) is 4.74 Å². The number of halogens is 10. The Kier molecular flexibility index (Phi) is 6.22. The van der Waals surface area contributed by atoms with E-state index in [1.54, 1.807) is 0 Å². The van der Waals surface area contributed by atoms with E-state index >= 15 is 0 Å². The summed E-state index contributed by atoms with van der Waals surface area (Å²) < 4.78 is 68.6. The summed E-state index contributed by atoms with van der Waals surface area (Å²) >= 11 is 29.5. The molecule has 0 aromatic heterocycles. The molecule has 0 N–H and O–H groups in total. The molecule has 0 spiro atoms. The Balaban J connectivity index is 2.80. The summed E-state index contributed by atoms with van der Waals surface area (Å²) in [4.78, 5) is 0. The van der Waals surface area contributed by atoms with E-state index in [1.165, 1.54) is 0 Å². The van der Waals surface area contributed by atoms with Gasteiger partial charge in [-0.15, -0.1) is 0 Å². The third-order valence-corrected chi connectivity index (χ3v) is 5.28. The summed E-state index contributed by atoms with van der Waals surface area (Å²) in [5.74, 6) is -0.690. The van der Waals surface area contributed by atoms with Gasteiger partial charge in [-0.3, -0.25) is 0 Å². The zero-order chi connectivity index (χ0) is 19.1. The monoisotopic (exact) mass is 458 g/mol. The summed E-state index contributed by atoms with van der Waals surface area (Å²) in [7, 11) is 0. The lowest BCUT2D eigenvalue weighted by Crippen LogP contribution is -2.09. The number of alkyl halides is 5. The van der Waals surface area contributed by atoms with E-state index in [-0.39, 0.29) is 30.7 Å². The van der Waals surface area contributed by atoms with Crippen LogP contribution in [0, 0.1) is 0 Å². The topological polar surface area (TPSA) is 9.23 Å². The molecule has 0 aliphatic carbocycles. The summed E-state index contributed by atoms with van der Waals surface area (Å²) in [6, 6.07) is 2.17. The maximum atomic E-state index is 13.4. The zero-order valence-corrected chi connectivity index (χ0v) is 15.3. The molecule has 0 aliphatic heterocycles. The van der Waals surface area contributed by atoms with Gasteiger partial charge in [0.25, 0.3) is 0 Å². The van der Waals surface area contributed by atoms with Crippen LogP contribution in [0.3, 0.4) is 0 Å². The first-order chi connectivity index (χ1) is 11.4. The number of ether oxygens (including phenoxy) is 1. The van der Waals surface area contributed by atoms with Crippen LogP contribution in [0.25, 0.3) is 11.1 Å². The van der Waals surface area contributed by atoms with Crippen molar-refractivity contribution in [1.29, 1.82) is 0 Å². The Morgan fingerprint density at radius 2 is 1.28 bits per heavy atom. The van der Waals surface area contributed by atoms with Gasteiger partial charge in [0.2, 0.25) is 0 Å². The largest absolute Gasteiger partial charge is 0.435 e. The van der Waals surface area contributed by atoms with Gasteiger partial charge < -0.3 is 4.74 Å². The Labute approximate surface area is 163 Å². The predicted octanol–water partition coefficient (Wildman–Crippen LogP) is 8.24. The summed E-state index contributed by atoms with van der Waals surface area (Å²) in [6.45, 7) is -3.29. The second-order valence-corrected chi connectivity index (χ2v) is 6.42. The van der Waals surface area contributed by atoms with Crippen molar-refractivity contribution < 1.29 is 26.7 Å². The van der Waals surface area contributed by atoms with Crippen LogP contribution in [0.15, 0.2) is 18.2 Å². The third kappa shape index (κ3) is 4.19. The van der Waals surface area contributed by atoms with Crippen LogP contribution in [0.4, 0.5) is 22.0 Å². The van der Waals surface area contributed by atoms with Crippen LogP contribution in [0.5, 0.6) is 5.75 Å². The SMILES string of the molecule is FC(F)Oc1ccc(-c2c(Cl)c(Cl)c(Cl)c(Cl)c2Cl)c(C(F)(F)F)c1. The molecule has 2 aromatic carbocycles. The third-order valence-electron chi connectivity index (χ3n) is 3.00. The van der Waals surface area contributed by atoms with Gasteiger partial charge in [-0.1, -0.05) is 58.0 Å². The fourth-order valence-electron chi connectivity index (χ4n) is 1.99. The quantitative estimate of drug-likeness (QED) is 0.255. The highest BCUT2D eigenvalue weighted by molar-refractivity contribution is 6.56. The molecule has 0 atom stereocenters. The van der Waals surface area contributed by atoms with Crippen LogP contribution in [-0.2, 0) is 6.18 Å². The maximum absolute atomic E-state index is 13.4. The maximum Gasteiger partial charge on any atom is 0.417 e. The molecule has 0 fully saturated rings. The van der Waals surface area contributed by atoms with E-state index in [0.717, 1.165) is 12.1 Å². The number of hydrogen-bond donors (Lipinski definition) is 0. The molecule has 0 aliphatic rings. The van der Waals surface area contributed by atoms with Crippen molar-refractivity contribution in [2.75, 3.05) is 0 Å². The molecule has 0 unspecified atom stereocenters. The standard InChI is InChI=1S/C14H4Cl5F5O/c15-8-7(9(16)11(18)12(19)10(8)17)5-2-1-4(25-13(20)21)3-6(5)14(22,23)24/h1-3,13H. The minimum atomic E-state index is -4.93. The van der Waals surface area contributed by atoms with Crippen LogP contribution in [0.2, 0.25) is 25.1 Å². The normalized spacial score (nSPS) is 12.0. The fourth-order valence-corrected chi connectivity index (χ4v) is 3.34. The van der Waals surface area contributed by atoms with Gasteiger partial charge in [0, 0.05) is 5.56 Å². The first-order valence-corrected chi connectivity index (χ1v) is 8.02. The number of rotatable bonds is 3. The van der Waals surface area contributed by atoms with Gasteiger partial charge in [0.15, 0.2) is 0 Å². The minimum Gasteiger partial charge on any atom is -0.435 e. The van der Waals surface area contributed by atoms with Gasteiger partial charge in [0.1, 0.15) is 5.75 Å². The molecule has 0 bridgehead atoms. The first-order valence-electron chi connectivity index (χ1n) is 6.13. The van der Waals surface area contributed by atoms with Crippen LogP contribution >= 0.6 is 58.0 Å². The van der Waals surface area contributed by atoms with E-state index in [4.69, 9.17) is 58.0 Å². The van der Waals surface area contributed by atoms with Crippen molar-refractivity contribution in [1.82, 2.24) is 0 Å². The molecular formula is C14H4Cl5F5O. The molecule has 11 heteroatoms. The molecule has 0 heterocycles. The molecule has 136 valence electrons. The lowest BCUT2D eigenvalue weighted by molar-refractivity contribution is -0.137. The Bertz CT molecular complexity index is 793. The van der Waals surface area contributed by atoms with E-state index in [1.807, 2.05) is 0 Å². The van der Waals surface area contributed by atoms with E-state index in [9.17, 15) is 22.0 Å². The second-order valence-electron chi connectivity index (χ2n) is 4.53. The van der Waals surface area contributed by atoms with Crippen molar-refractivity contribution in [2.24, 2.45) is 0 Å². The smallest absolute Gasteiger partial charge is 0.417 e. The molecule has 0 amide bonds. The second kappa shape index (κ2) is 7.53. The predicted molar refractivity (Wildman–Crippen MR) is 88.6 cm³/mol. The van der Waals surface area contributed by atoms with Gasteiger partial charge >= 0.3 is 12.8 Å². The average molecular weight is 460 g/mol. The number of benzene rings is 2. The lowest BCUT2D eigenvalue weighted by Gasteiger charge is -2.18. The summed E-state index contributed by atoms with van der Waals surface area (Å²) in [5.41, 5.74) is -2.17. The minimum absolute atomic E-state index is 0.228. The highest BCUT2D eigenvalue weighted by Gasteiger charge is 2.36. The molecule has 0 saturated carbocycles. The summed E-state index contributed by atoms with van der Waals surface area (Å²) in [6.07, 6.45) is -4.93. The molecule has 0 saturated heterocycles. The van der Waals surface area contributed by atoms with Gasteiger partial charge in [0.05, 0.1) is 30.7 Å². The molecular weight excluding hydrogens is 456 g/mol. The Morgan fingerprint density at radius 1 is 0.800 bits per heavy atom. The van der Waals surface area contributed by atoms with Crippen LogP contribution in [-0.4, -0.2) is 6.61 Å². The van der Waals surface area contributed by atoms with Crippen molar-refractivity contribution in [2.45, 2.75) is 12.8 Å². The number of hydrogen-bond acceptors (Lipinski definition) is 1. The molecule has 1 nitrogen and oxygen atoms in total. The van der Waals surface area contributed by atoms with Crippen molar-refractivity contribution >= 4 is 58.0 Å². The van der Waals surface area contributed by atoms with Gasteiger partial charge in [-0.05, 0) is 23.8 Å². The fraction of sp³-hybridized carbons (Fsp3) is 0.143. The van der Waals surface area contributed by atoms with Crippen molar-refractivity contribution in [3.63, 3.8) is 0 Å². The van der Waals surface area contributed by atoms with Crippen LogP contribution < -0.4 is 4.74 Å². The Hall–Kier alpha value is -0.660. The zero-order valence-electron chi connectivity index (χ0n) is 11.5. The molecule has 0 radical (unpaired) electrons. The molecule has 2 rings (SSSR count). The van der Waals surface area contributed by atoms with E-state index < -0.39 is 29.7 Å². The molecule has 2 aromatic rings. The Morgan fingerprint density at radius 3 is 1.72 bits per heavy atom. The van der Waals surface area contributed by atoms with Crippen LogP contribution in [0.1, 0.15) is 5.56 Å². The highest BCUT2D eigenvalue weighted by Crippen LogP contribution is 2.51. The van der Waals surface area contributed by atoms with Crippen molar-refractivity contribution in [3.8, 4) is 16.9 Å². The first kappa shape index (κ1) is 20.6.